The van der Waals surface area contributed by atoms with Gasteiger partial charge in [-0.2, -0.15) is 0 Å². The lowest BCUT2D eigenvalue weighted by atomic mass is 10.1. The first-order valence-electron chi connectivity index (χ1n) is 5.90. The minimum atomic E-state index is -1.40. The zero-order valence-corrected chi connectivity index (χ0v) is 12.0. The molecule has 2 N–H and O–H groups in total. The standard InChI is InChI=1S/C13H10F2O6S/c1-5-4-22-13-8(5)9(14)11(20-2-6(16)17)12(10(13)15)21-3-7(18)19/h4H,2-3H2,1H3,(H,16,17)(H,18,19). The number of thiophene rings is 1. The van der Waals surface area contributed by atoms with Gasteiger partial charge in [-0.15, -0.1) is 11.3 Å². The van der Waals surface area contributed by atoms with Crippen molar-refractivity contribution in [2.45, 2.75) is 6.92 Å². The number of fused-ring (bicyclic) bond motifs is 1. The molecule has 0 amide bonds. The number of carboxylic acids is 2. The first-order chi connectivity index (χ1) is 10.3. The van der Waals surface area contributed by atoms with Crippen molar-refractivity contribution in [3.8, 4) is 11.5 Å². The summed E-state index contributed by atoms with van der Waals surface area (Å²) < 4.78 is 38.3. The molecule has 1 aromatic carbocycles. The maximum absolute atomic E-state index is 14.5. The number of carbonyl (C=O) groups is 2. The van der Waals surface area contributed by atoms with Crippen LogP contribution in [0.5, 0.6) is 11.5 Å². The van der Waals surface area contributed by atoms with Gasteiger partial charge in [-0.3, -0.25) is 0 Å². The Balaban J connectivity index is 2.61. The van der Waals surface area contributed by atoms with Crippen LogP contribution in [-0.2, 0) is 9.59 Å². The largest absolute Gasteiger partial charge is 0.479 e. The molecule has 6 nitrogen and oxygen atoms in total. The van der Waals surface area contributed by atoms with E-state index in [1.165, 1.54) is 5.38 Å². The van der Waals surface area contributed by atoms with Crippen LogP contribution in [0.4, 0.5) is 8.78 Å². The van der Waals surface area contributed by atoms with Crippen LogP contribution in [0.3, 0.4) is 0 Å². The molecule has 1 heterocycles. The predicted molar refractivity (Wildman–Crippen MR) is 72.7 cm³/mol. The molecule has 0 atom stereocenters. The van der Waals surface area contributed by atoms with Gasteiger partial charge >= 0.3 is 11.9 Å². The van der Waals surface area contributed by atoms with Gasteiger partial charge in [-0.1, -0.05) is 0 Å². The van der Waals surface area contributed by atoms with Crippen molar-refractivity contribution in [3.63, 3.8) is 0 Å². The second-order valence-corrected chi connectivity index (χ2v) is 5.15. The molecular formula is C13H10F2O6S. The molecule has 1 aromatic heterocycles. The van der Waals surface area contributed by atoms with Crippen LogP contribution in [0.1, 0.15) is 5.56 Å². The fraction of sp³-hybridized carbons (Fsp3) is 0.231. The lowest BCUT2D eigenvalue weighted by molar-refractivity contribution is -0.140. The number of ether oxygens (including phenoxy) is 2. The van der Waals surface area contributed by atoms with E-state index in [1.54, 1.807) is 6.92 Å². The summed E-state index contributed by atoms with van der Waals surface area (Å²) in [5.74, 6) is -6.28. The minimum absolute atomic E-state index is 0.0504. The van der Waals surface area contributed by atoms with E-state index in [1.807, 2.05) is 0 Å². The van der Waals surface area contributed by atoms with Crippen LogP contribution in [0.2, 0.25) is 0 Å². The number of hydrogen-bond acceptors (Lipinski definition) is 5. The van der Waals surface area contributed by atoms with Gasteiger partial charge < -0.3 is 19.7 Å². The summed E-state index contributed by atoms with van der Waals surface area (Å²) >= 11 is 0.922. The highest BCUT2D eigenvalue weighted by atomic mass is 32.1. The summed E-state index contributed by atoms with van der Waals surface area (Å²) in [5.41, 5.74) is 0.446. The van der Waals surface area contributed by atoms with E-state index in [4.69, 9.17) is 19.7 Å². The quantitative estimate of drug-likeness (QED) is 0.844. The second-order valence-electron chi connectivity index (χ2n) is 4.27. The summed E-state index contributed by atoms with van der Waals surface area (Å²) in [4.78, 5) is 21.1. The number of aliphatic carboxylic acids is 2. The van der Waals surface area contributed by atoms with Crippen molar-refractivity contribution in [2.24, 2.45) is 0 Å². The Kier molecular flexibility index (Phi) is 4.45. The summed E-state index contributed by atoms with van der Waals surface area (Å²) in [6, 6.07) is 0. The first kappa shape index (κ1) is 16.0. The fourth-order valence-electron chi connectivity index (χ4n) is 1.82. The zero-order valence-electron chi connectivity index (χ0n) is 11.2. The van der Waals surface area contributed by atoms with Crippen molar-refractivity contribution < 1.29 is 38.1 Å². The number of halogens is 2. The van der Waals surface area contributed by atoms with E-state index < -0.39 is 48.3 Å². The second kappa shape index (κ2) is 6.14. The Labute approximate surface area is 126 Å². The molecular weight excluding hydrogens is 322 g/mol. The number of carboxylic acid groups (broad SMARTS) is 2. The molecule has 0 aliphatic rings. The van der Waals surface area contributed by atoms with Crippen LogP contribution in [0, 0.1) is 18.6 Å². The SMILES string of the molecule is Cc1csc2c(F)c(OCC(=O)O)c(OCC(=O)O)c(F)c12. The van der Waals surface area contributed by atoms with Crippen molar-refractivity contribution in [1.29, 1.82) is 0 Å². The predicted octanol–water partition coefficient (Wildman–Crippen LogP) is 2.41. The van der Waals surface area contributed by atoms with Crippen LogP contribution >= 0.6 is 11.3 Å². The van der Waals surface area contributed by atoms with Gasteiger partial charge in [0.05, 0.1) is 4.70 Å². The van der Waals surface area contributed by atoms with Crippen molar-refractivity contribution in [1.82, 2.24) is 0 Å². The molecule has 0 radical (unpaired) electrons. The van der Waals surface area contributed by atoms with Crippen LogP contribution in [-0.4, -0.2) is 35.4 Å². The van der Waals surface area contributed by atoms with E-state index in [0.29, 0.717) is 5.56 Å². The number of aryl methyl sites for hydroxylation is 1. The average molecular weight is 332 g/mol. The third kappa shape index (κ3) is 2.93. The van der Waals surface area contributed by atoms with Crippen molar-refractivity contribution >= 4 is 33.4 Å². The Hall–Kier alpha value is -2.42. The zero-order chi connectivity index (χ0) is 16.4. The molecule has 0 fully saturated rings. The van der Waals surface area contributed by atoms with Gasteiger partial charge in [0.1, 0.15) is 0 Å². The van der Waals surface area contributed by atoms with E-state index in [2.05, 4.69) is 0 Å². The maximum Gasteiger partial charge on any atom is 0.341 e. The molecule has 0 bridgehead atoms. The third-order valence-electron chi connectivity index (χ3n) is 2.68. The average Bonchev–Trinajstić information content (AvgIpc) is 2.82. The van der Waals surface area contributed by atoms with Gasteiger partial charge in [0.25, 0.3) is 0 Å². The van der Waals surface area contributed by atoms with Gasteiger partial charge in [0.15, 0.2) is 24.8 Å². The van der Waals surface area contributed by atoms with E-state index >= 15 is 0 Å². The highest BCUT2D eigenvalue weighted by molar-refractivity contribution is 7.17. The Morgan fingerprint density at radius 3 is 2.09 bits per heavy atom. The highest BCUT2D eigenvalue weighted by Crippen LogP contribution is 2.43. The summed E-state index contributed by atoms with van der Waals surface area (Å²) in [6.07, 6.45) is 0. The smallest absolute Gasteiger partial charge is 0.341 e. The third-order valence-corrected chi connectivity index (χ3v) is 3.77. The molecule has 0 aliphatic heterocycles. The van der Waals surface area contributed by atoms with Gasteiger partial charge in [0, 0.05) is 5.39 Å². The van der Waals surface area contributed by atoms with E-state index in [9.17, 15) is 18.4 Å². The van der Waals surface area contributed by atoms with Gasteiger partial charge in [0.2, 0.25) is 11.5 Å². The molecule has 0 saturated carbocycles. The van der Waals surface area contributed by atoms with Crippen molar-refractivity contribution in [3.05, 3.63) is 22.6 Å². The monoisotopic (exact) mass is 332 g/mol. The topological polar surface area (TPSA) is 93.1 Å². The van der Waals surface area contributed by atoms with Crippen LogP contribution < -0.4 is 9.47 Å². The molecule has 2 rings (SSSR count). The number of rotatable bonds is 6. The molecule has 0 spiro atoms. The maximum atomic E-state index is 14.5. The normalized spacial score (nSPS) is 10.7. The lowest BCUT2D eigenvalue weighted by Gasteiger charge is -2.13. The molecule has 0 aliphatic carbocycles. The van der Waals surface area contributed by atoms with E-state index in [0.717, 1.165) is 11.3 Å². The Bertz CT molecular complexity index is 755. The number of hydrogen-bond donors (Lipinski definition) is 2. The fourth-order valence-corrected chi connectivity index (χ4v) is 2.80. The molecule has 0 unspecified atom stereocenters. The molecule has 0 saturated heterocycles. The lowest BCUT2D eigenvalue weighted by Crippen LogP contribution is -2.15. The van der Waals surface area contributed by atoms with E-state index in [-0.39, 0.29) is 10.1 Å². The Morgan fingerprint density at radius 2 is 1.59 bits per heavy atom. The molecule has 118 valence electrons. The summed E-state index contributed by atoms with van der Waals surface area (Å²) in [7, 11) is 0. The molecule has 9 heteroatoms. The van der Waals surface area contributed by atoms with Gasteiger partial charge in [-0.05, 0) is 17.9 Å². The first-order valence-corrected chi connectivity index (χ1v) is 6.78. The summed E-state index contributed by atoms with van der Waals surface area (Å²) in [6.45, 7) is -0.287. The summed E-state index contributed by atoms with van der Waals surface area (Å²) in [5, 5.41) is 18.6. The van der Waals surface area contributed by atoms with Crippen LogP contribution in [0.25, 0.3) is 10.1 Å². The minimum Gasteiger partial charge on any atom is -0.479 e. The highest BCUT2D eigenvalue weighted by Gasteiger charge is 2.26. The van der Waals surface area contributed by atoms with Crippen molar-refractivity contribution in [2.75, 3.05) is 13.2 Å². The number of benzene rings is 1. The van der Waals surface area contributed by atoms with Crippen LogP contribution in [0.15, 0.2) is 5.38 Å². The Morgan fingerprint density at radius 1 is 1.09 bits per heavy atom. The molecule has 22 heavy (non-hydrogen) atoms. The van der Waals surface area contributed by atoms with Gasteiger partial charge in [-0.25, -0.2) is 18.4 Å². The molecule has 2 aromatic rings.